The van der Waals surface area contributed by atoms with Crippen molar-refractivity contribution >= 4 is 28.9 Å². The Morgan fingerprint density at radius 3 is 2.55 bits per heavy atom. The molecule has 6 heteroatoms. The molecule has 1 amide bonds. The van der Waals surface area contributed by atoms with Gasteiger partial charge >= 0.3 is 5.97 Å². The van der Waals surface area contributed by atoms with E-state index in [1.54, 1.807) is 30.4 Å². The standard InChI is InChI=1S/C23H24N2O3S/c1-14(2)17-8-5-7-15(3)22(17)25-21(26)13-28-23(27)18-10-11-19(24-16(18)4)20-9-6-12-29-20/h5-12,14H,13H2,1-4H3,(H,25,26). The van der Waals surface area contributed by atoms with Crippen LogP contribution in [0.3, 0.4) is 0 Å². The van der Waals surface area contributed by atoms with Gasteiger partial charge in [0.1, 0.15) is 0 Å². The number of nitrogens with one attached hydrogen (secondary N) is 1. The van der Waals surface area contributed by atoms with Crippen LogP contribution in [0.25, 0.3) is 10.6 Å². The first-order valence-electron chi connectivity index (χ1n) is 9.45. The van der Waals surface area contributed by atoms with Crippen molar-refractivity contribution in [1.29, 1.82) is 0 Å². The van der Waals surface area contributed by atoms with Gasteiger partial charge in [0.2, 0.25) is 0 Å². The van der Waals surface area contributed by atoms with E-state index in [4.69, 9.17) is 4.74 Å². The van der Waals surface area contributed by atoms with Gasteiger partial charge in [-0.15, -0.1) is 11.3 Å². The van der Waals surface area contributed by atoms with Crippen molar-refractivity contribution in [2.45, 2.75) is 33.6 Å². The van der Waals surface area contributed by atoms with Gasteiger partial charge in [-0.3, -0.25) is 9.78 Å². The molecule has 29 heavy (non-hydrogen) atoms. The zero-order chi connectivity index (χ0) is 21.0. The molecule has 1 aromatic carbocycles. The molecular formula is C23H24N2O3S. The highest BCUT2D eigenvalue weighted by atomic mass is 32.1. The molecule has 0 atom stereocenters. The van der Waals surface area contributed by atoms with Crippen molar-refractivity contribution in [1.82, 2.24) is 4.98 Å². The first-order valence-corrected chi connectivity index (χ1v) is 10.3. The topological polar surface area (TPSA) is 68.3 Å². The van der Waals surface area contributed by atoms with Gasteiger partial charge < -0.3 is 10.1 Å². The molecule has 5 nitrogen and oxygen atoms in total. The fourth-order valence-corrected chi connectivity index (χ4v) is 3.76. The van der Waals surface area contributed by atoms with Gasteiger partial charge in [-0.2, -0.15) is 0 Å². The molecule has 0 aliphatic carbocycles. The minimum absolute atomic E-state index is 0.267. The van der Waals surface area contributed by atoms with Gasteiger partial charge in [0, 0.05) is 5.69 Å². The van der Waals surface area contributed by atoms with Crippen LogP contribution >= 0.6 is 11.3 Å². The number of anilines is 1. The van der Waals surface area contributed by atoms with Crippen molar-refractivity contribution in [3.8, 4) is 10.6 Å². The minimum Gasteiger partial charge on any atom is -0.452 e. The molecule has 0 aliphatic rings. The molecule has 0 fully saturated rings. The van der Waals surface area contributed by atoms with Gasteiger partial charge in [0.25, 0.3) is 5.91 Å². The smallest absolute Gasteiger partial charge is 0.340 e. The van der Waals surface area contributed by atoms with Crippen molar-refractivity contribution in [3.05, 3.63) is 70.2 Å². The predicted octanol–water partition coefficient (Wildman–Crippen LogP) is 5.35. The third-order valence-electron chi connectivity index (χ3n) is 4.61. The maximum atomic E-state index is 12.4. The summed E-state index contributed by atoms with van der Waals surface area (Å²) >= 11 is 1.59. The lowest BCUT2D eigenvalue weighted by Crippen LogP contribution is -2.22. The number of benzene rings is 1. The molecule has 0 spiro atoms. The first kappa shape index (κ1) is 20.7. The van der Waals surface area contributed by atoms with Crippen molar-refractivity contribution in [2.75, 3.05) is 11.9 Å². The Bertz CT molecular complexity index is 1030. The number of ether oxygens (including phenoxy) is 1. The molecule has 150 valence electrons. The van der Waals surface area contributed by atoms with Gasteiger partial charge in [-0.05, 0) is 54.5 Å². The van der Waals surface area contributed by atoms with Crippen LogP contribution < -0.4 is 5.32 Å². The monoisotopic (exact) mass is 408 g/mol. The number of nitrogens with zero attached hydrogens (tertiary/aromatic N) is 1. The zero-order valence-electron chi connectivity index (χ0n) is 17.0. The van der Waals surface area contributed by atoms with Crippen LogP contribution in [0.5, 0.6) is 0 Å². The van der Waals surface area contributed by atoms with Crippen molar-refractivity contribution in [3.63, 3.8) is 0 Å². The molecule has 0 saturated carbocycles. The fraction of sp³-hybridized carbons (Fsp3) is 0.261. The van der Waals surface area contributed by atoms with Crippen molar-refractivity contribution in [2.24, 2.45) is 0 Å². The van der Waals surface area contributed by atoms with E-state index in [0.29, 0.717) is 11.3 Å². The average Bonchev–Trinajstić information content (AvgIpc) is 3.22. The summed E-state index contributed by atoms with van der Waals surface area (Å²) in [5, 5.41) is 4.86. The number of thiophene rings is 1. The number of rotatable bonds is 6. The zero-order valence-corrected chi connectivity index (χ0v) is 17.8. The number of aromatic nitrogens is 1. The van der Waals surface area contributed by atoms with Crippen LogP contribution in [-0.4, -0.2) is 23.5 Å². The lowest BCUT2D eigenvalue weighted by atomic mass is 9.98. The second kappa shape index (κ2) is 9.01. The molecule has 0 radical (unpaired) electrons. The molecule has 2 aromatic heterocycles. The molecule has 1 N–H and O–H groups in total. The number of carbonyl (C=O) groups is 2. The third kappa shape index (κ3) is 4.90. The van der Waals surface area contributed by atoms with E-state index in [-0.39, 0.29) is 18.4 Å². The molecule has 0 unspecified atom stereocenters. The van der Waals surface area contributed by atoms with E-state index in [0.717, 1.165) is 27.4 Å². The number of amides is 1. The number of hydrogen-bond donors (Lipinski definition) is 1. The molecule has 0 saturated heterocycles. The SMILES string of the molecule is Cc1cccc(C(C)C)c1NC(=O)COC(=O)c1ccc(-c2cccs2)nc1C. The Hall–Kier alpha value is -2.99. The number of hydrogen-bond acceptors (Lipinski definition) is 5. The van der Waals surface area contributed by atoms with Gasteiger partial charge in [0.05, 0.1) is 21.8 Å². The fourth-order valence-electron chi connectivity index (χ4n) is 3.07. The normalized spacial score (nSPS) is 10.8. The lowest BCUT2D eigenvalue weighted by molar-refractivity contribution is -0.119. The van der Waals surface area contributed by atoms with E-state index in [2.05, 4.69) is 24.1 Å². The number of pyridine rings is 1. The molecular weight excluding hydrogens is 384 g/mol. The van der Waals surface area contributed by atoms with E-state index >= 15 is 0 Å². The van der Waals surface area contributed by atoms with Gasteiger partial charge in [-0.1, -0.05) is 38.1 Å². The van der Waals surface area contributed by atoms with Gasteiger partial charge in [-0.25, -0.2) is 4.79 Å². The summed E-state index contributed by atoms with van der Waals surface area (Å²) in [6.07, 6.45) is 0. The Morgan fingerprint density at radius 2 is 1.90 bits per heavy atom. The molecule has 0 bridgehead atoms. The molecule has 3 aromatic rings. The van der Waals surface area contributed by atoms with Crippen LogP contribution in [-0.2, 0) is 9.53 Å². The second-order valence-corrected chi connectivity index (χ2v) is 8.07. The van der Waals surface area contributed by atoms with Gasteiger partial charge in [0.15, 0.2) is 6.61 Å². The number of aryl methyl sites for hydroxylation is 2. The summed E-state index contributed by atoms with van der Waals surface area (Å²) in [6.45, 7) is 7.49. The summed E-state index contributed by atoms with van der Waals surface area (Å²) in [6, 6.07) is 13.3. The Kier molecular flexibility index (Phi) is 6.44. The van der Waals surface area contributed by atoms with E-state index in [1.807, 2.05) is 42.6 Å². The lowest BCUT2D eigenvalue weighted by Gasteiger charge is -2.16. The van der Waals surface area contributed by atoms with Crippen LogP contribution in [0.2, 0.25) is 0 Å². The Labute approximate surface area is 174 Å². The number of para-hydroxylation sites is 1. The van der Waals surface area contributed by atoms with Crippen molar-refractivity contribution < 1.29 is 14.3 Å². The largest absolute Gasteiger partial charge is 0.452 e. The molecule has 2 heterocycles. The predicted molar refractivity (Wildman–Crippen MR) is 116 cm³/mol. The summed E-state index contributed by atoms with van der Waals surface area (Å²) in [7, 11) is 0. The summed E-state index contributed by atoms with van der Waals surface area (Å²) < 4.78 is 5.23. The molecule has 0 aliphatic heterocycles. The average molecular weight is 409 g/mol. The quantitative estimate of drug-likeness (QED) is 0.559. The third-order valence-corrected chi connectivity index (χ3v) is 5.50. The van der Waals surface area contributed by atoms with Crippen LogP contribution in [0.4, 0.5) is 5.69 Å². The Morgan fingerprint density at radius 1 is 1.10 bits per heavy atom. The first-order chi connectivity index (χ1) is 13.9. The summed E-state index contributed by atoms with van der Waals surface area (Å²) in [4.78, 5) is 30.3. The maximum Gasteiger partial charge on any atom is 0.340 e. The van der Waals surface area contributed by atoms with E-state index in [9.17, 15) is 9.59 Å². The summed E-state index contributed by atoms with van der Waals surface area (Å²) in [5.74, 6) is -0.657. The van der Waals surface area contributed by atoms with E-state index < -0.39 is 5.97 Å². The Balaban J connectivity index is 1.65. The molecule has 3 rings (SSSR count). The highest BCUT2D eigenvalue weighted by molar-refractivity contribution is 7.13. The minimum atomic E-state index is -0.559. The van der Waals surface area contributed by atoms with E-state index in [1.165, 1.54) is 0 Å². The number of carbonyl (C=O) groups excluding carboxylic acids is 2. The maximum absolute atomic E-state index is 12.4. The van der Waals surface area contributed by atoms with Crippen LogP contribution in [0.15, 0.2) is 47.8 Å². The van der Waals surface area contributed by atoms with Crippen LogP contribution in [0.1, 0.15) is 46.9 Å². The number of esters is 1. The van der Waals surface area contributed by atoms with Crippen LogP contribution in [0, 0.1) is 13.8 Å². The highest BCUT2D eigenvalue weighted by Gasteiger charge is 2.17. The summed E-state index contributed by atoms with van der Waals surface area (Å²) in [5.41, 5.74) is 4.54. The highest BCUT2D eigenvalue weighted by Crippen LogP contribution is 2.27. The second-order valence-electron chi connectivity index (χ2n) is 7.12.